The number of nitrogens with zero attached hydrogens (tertiary/aromatic N) is 2. The van der Waals surface area contributed by atoms with E-state index in [-0.39, 0.29) is 41.1 Å². The van der Waals surface area contributed by atoms with E-state index in [0.29, 0.717) is 25.6 Å². The second-order valence-electron chi connectivity index (χ2n) is 5.41. The fraction of sp³-hybridized carbons (Fsp3) is 0.312. The number of sulfonamides is 1. The van der Waals surface area contributed by atoms with Crippen molar-refractivity contribution in [1.29, 1.82) is 0 Å². The second kappa shape index (κ2) is 11.9. The van der Waals surface area contributed by atoms with E-state index in [1.807, 2.05) is 23.8 Å². The molecule has 9 nitrogen and oxygen atoms in total. The Kier molecular flexibility index (Phi) is 10.3. The molecule has 0 unspecified atom stereocenters. The third kappa shape index (κ3) is 7.69. The standard InChI is InChI=1S/C16H21N5O4S2.HI/c1-2-17-16(19-11-13-6-9-26-12-13)18-7-8-20-27(24,25)15-5-3-4-14(10-15)21(22)23;/h3-6,9-10,12,20H,2,7-8,11H2,1H3,(H2,17,18,19);1H. The number of hydrogen-bond donors (Lipinski definition) is 3. The van der Waals surface area contributed by atoms with Crippen LogP contribution < -0.4 is 15.4 Å². The smallest absolute Gasteiger partial charge is 0.270 e. The first-order valence-corrected chi connectivity index (χ1v) is 10.6. The molecule has 0 saturated carbocycles. The lowest BCUT2D eigenvalue weighted by molar-refractivity contribution is -0.385. The van der Waals surface area contributed by atoms with Gasteiger partial charge in [0.05, 0.1) is 16.4 Å². The summed E-state index contributed by atoms with van der Waals surface area (Å²) in [4.78, 5) is 14.4. The number of nitro benzene ring substituents is 1. The number of nitrogens with one attached hydrogen (secondary N) is 3. The number of nitro groups is 1. The number of rotatable bonds is 9. The van der Waals surface area contributed by atoms with Crippen LogP contribution in [0.15, 0.2) is 51.0 Å². The molecule has 0 aliphatic carbocycles. The fourth-order valence-electron chi connectivity index (χ4n) is 2.11. The topological polar surface area (TPSA) is 126 Å². The molecule has 0 radical (unpaired) electrons. The van der Waals surface area contributed by atoms with Gasteiger partial charge in [0.2, 0.25) is 10.0 Å². The summed E-state index contributed by atoms with van der Waals surface area (Å²) >= 11 is 1.60. The SMILES string of the molecule is CCNC(=NCc1ccsc1)NCCNS(=O)(=O)c1cccc([N+](=O)[O-])c1.I. The lowest BCUT2D eigenvalue weighted by Gasteiger charge is -2.12. The van der Waals surface area contributed by atoms with Gasteiger partial charge >= 0.3 is 0 Å². The van der Waals surface area contributed by atoms with Crippen LogP contribution in [0.3, 0.4) is 0 Å². The van der Waals surface area contributed by atoms with Crippen molar-refractivity contribution >= 4 is 57.0 Å². The Morgan fingerprint density at radius 1 is 1.25 bits per heavy atom. The van der Waals surface area contributed by atoms with Gasteiger partial charge in [-0.1, -0.05) is 6.07 Å². The minimum Gasteiger partial charge on any atom is -0.357 e. The zero-order valence-electron chi connectivity index (χ0n) is 15.1. The van der Waals surface area contributed by atoms with Gasteiger partial charge in [-0.15, -0.1) is 24.0 Å². The Labute approximate surface area is 184 Å². The van der Waals surface area contributed by atoms with Crippen LogP contribution >= 0.6 is 35.3 Å². The molecule has 2 aromatic rings. The normalized spacial score (nSPS) is 11.5. The first kappa shape index (κ1) is 24.3. The molecule has 0 aliphatic rings. The number of benzene rings is 1. The summed E-state index contributed by atoms with van der Waals surface area (Å²) in [5.41, 5.74) is 0.828. The van der Waals surface area contributed by atoms with Crippen LogP contribution in [0.2, 0.25) is 0 Å². The number of aliphatic imine (C=N–C) groups is 1. The van der Waals surface area contributed by atoms with Crippen molar-refractivity contribution in [2.45, 2.75) is 18.4 Å². The van der Waals surface area contributed by atoms with Gasteiger partial charge in [-0.25, -0.2) is 18.1 Å². The molecule has 0 saturated heterocycles. The highest BCUT2D eigenvalue weighted by atomic mass is 127. The molecule has 0 aliphatic heterocycles. The van der Waals surface area contributed by atoms with Crippen molar-refractivity contribution in [1.82, 2.24) is 15.4 Å². The lowest BCUT2D eigenvalue weighted by Crippen LogP contribution is -2.41. The van der Waals surface area contributed by atoms with E-state index in [0.717, 1.165) is 11.6 Å². The minimum absolute atomic E-state index is 0. The molecule has 0 amide bonds. The molecular formula is C16H22IN5O4S2. The summed E-state index contributed by atoms with van der Waals surface area (Å²) in [7, 11) is -3.83. The van der Waals surface area contributed by atoms with Crippen LogP contribution in [0.1, 0.15) is 12.5 Å². The van der Waals surface area contributed by atoms with Gasteiger partial charge in [-0.05, 0) is 35.4 Å². The highest BCUT2D eigenvalue weighted by Crippen LogP contribution is 2.16. The van der Waals surface area contributed by atoms with Gasteiger partial charge in [0.1, 0.15) is 0 Å². The Balaban J connectivity index is 0.00000392. The van der Waals surface area contributed by atoms with Crippen LogP contribution in [0, 0.1) is 10.1 Å². The molecule has 1 aromatic heterocycles. The van der Waals surface area contributed by atoms with Crippen molar-refractivity contribution < 1.29 is 13.3 Å². The largest absolute Gasteiger partial charge is 0.357 e. The first-order valence-electron chi connectivity index (χ1n) is 8.19. The molecule has 0 atom stereocenters. The van der Waals surface area contributed by atoms with Gasteiger partial charge in [0.15, 0.2) is 5.96 Å². The van der Waals surface area contributed by atoms with Crippen LogP contribution in [-0.4, -0.2) is 38.9 Å². The summed E-state index contributed by atoms with van der Waals surface area (Å²) in [5.74, 6) is 0.582. The van der Waals surface area contributed by atoms with Crippen LogP contribution in [0.25, 0.3) is 0 Å². The zero-order chi connectivity index (χ0) is 19.7. The maximum atomic E-state index is 12.3. The number of thiophene rings is 1. The summed E-state index contributed by atoms with van der Waals surface area (Å²) < 4.78 is 26.9. The molecule has 0 spiro atoms. The van der Waals surface area contributed by atoms with Crippen molar-refractivity contribution in [3.63, 3.8) is 0 Å². The van der Waals surface area contributed by atoms with Crippen molar-refractivity contribution in [3.8, 4) is 0 Å². The second-order valence-corrected chi connectivity index (χ2v) is 7.95. The van der Waals surface area contributed by atoms with Crippen molar-refractivity contribution in [2.24, 2.45) is 4.99 Å². The van der Waals surface area contributed by atoms with Gasteiger partial charge in [-0.3, -0.25) is 10.1 Å². The molecule has 0 fully saturated rings. The molecule has 1 aromatic carbocycles. The average molecular weight is 539 g/mol. The van der Waals surface area contributed by atoms with Gasteiger partial charge in [-0.2, -0.15) is 11.3 Å². The average Bonchev–Trinajstić information content (AvgIpc) is 3.17. The van der Waals surface area contributed by atoms with E-state index in [4.69, 9.17) is 0 Å². The van der Waals surface area contributed by atoms with Crippen LogP contribution in [0.4, 0.5) is 5.69 Å². The predicted octanol–water partition coefficient (Wildman–Crippen LogP) is 2.31. The quantitative estimate of drug-likeness (QED) is 0.112. The zero-order valence-corrected chi connectivity index (χ0v) is 19.1. The minimum atomic E-state index is -3.83. The highest BCUT2D eigenvalue weighted by Gasteiger charge is 2.17. The molecule has 3 N–H and O–H groups in total. The molecule has 28 heavy (non-hydrogen) atoms. The number of hydrogen-bond acceptors (Lipinski definition) is 6. The highest BCUT2D eigenvalue weighted by molar-refractivity contribution is 14.0. The molecular weight excluding hydrogens is 517 g/mol. The maximum absolute atomic E-state index is 12.3. The monoisotopic (exact) mass is 539 g/mol. The van der Waals surface area contributed by atoms with Gasteiger partial charge in [0, 0.05) is 31.8 Å². The van der Waals surface area contributed by atoms with E-state index in [2.05, 4.69) is 20.3 Å². The molecule has 154 valence electrons. The fourth-order valence-corrected chi connectivity index (χ4v) is 3.84. The van der Waals surface area contributed by atoms with E-state index in [9.17, 15) is 18.5 Å². The Morgan fingerprint density at radius 3 is 2.68 bits per heavy atom. The van der Waals surface area contributed by atoms with E-state index in [1.54, 1.807) is 11.3 Å². The lowest BCUT2D eigenvalue weighted by atomic mass is 10.3. The van der Waals surface area contributed by atoms with Crippen LogP contribution in [-0.2, 0) is 16.6 Å². The van der Waals surface area contributed by atoms with Gasteiger partial charge in [0.25, 0.3) is 5.69 Å². The molecule has 12 heteroatoms. The Morgan fingerprint density at radius 2 is 2.04 bits per heavy atom. The first-order chi connectivity index (χ1) is 12.9. The van der Waals surface area contributed by atoms with Crippen LogP contribution in [0.5, 0.6) is 0 Å². The third-order valence-electron chi connectivity index (χ3n) is 3.39. The Bertz CT molecular complexity index is 888. The molecule has 1 heterocycles. The number of halogens is 1. The van der Waals surface area contributed by atoms with E-state index < -0.39 is 14.9 Å². The third-order valence-corrected chi connectivity index (χ3v) is 5.58. The summed E-state index contributed by atoms with van der Waals surface area (Å²) in [6.45, 7) is 3.55. The van der Waals surface area contributed by atoms with E-state index >= 15 is 0 Å². The van der Waals surface area contributed by atoms with E-state index in [1.165, 1.54) is 18.2 Å². The van der Waals surface area contributed by atoms with Gasteiger partial charge < -0.3 is 10.6 Å². The van der Waals surface area contributed by atoms with Crippen molar-refractivity contribution in [3.05, 3.63) is 56.8 Å². The molecule has 2 rings (SSSR count). The Hall–Kier alpha value is -1.77. The van der Waals surface area contributed by atoms with Crippen molar-refractivity contribution in [2.75, 3.05) is 19.6 Å². The summed E-state index contributed by atoms with van der Waals surface area (Å²) in [6, 6.07) is 6.92. The molecule has 0 bridgehead atoms. The summed E-state index contributed by atoms with van der Waals surface area (Å²) in [6.07, 6.45) is 0. The summed E-state index contributed by atoms with van der Waals surface area (Å²) in [5, 5.41) is 20.9. The number of non-ortho nitro benzene ring substituents is 1. The number of guanidine groups is 1. The maximum Gasteiger partial charge on any atom is 0.270 e. The predicted molar refractivity (Wildman–Crippen MR) is 121 cm³/mol.